The Morgan fingerprint density at radius 2 is 1.93 bits per heavy atom. The number of methoxy groups -OCH3 is 1. The van der Waals surface area contributed by atoms with E-state index in [0.717, 1.165) is 36.9 Å². The normalized spacial score (nSPS) is 17.4. The predicted octanol–water partition coefficient (Wildman–Crippen LogP) is 3.36. The van der Waals surface area contributed by atoms with E-state index in [1.165, 1.54) is 12.8 Å². The van der Waals surface area contributed by atoms with Crippen molar-refractivity contribution in [1.82, 2.24) is 15.5 Å². The number of benzene rings is 1. The predicted molar refractivity (Wildman–Crippen MR) is 112 cm³/mol. The molecule has 0 bridgehead atoms. The highest BCUT2D eigenvalue weighted by molar-refractivity contribution is 5.79. The van der Waals surface area contributed by atoms with Crippen molar-refractivity contribution in [3.63, 3.8) is 0 Å². The number of guanidine groups is 1. The van der Waals surface area contributed by atoms with Crippen LogP contribution < -0.4 is 10.6 Å². The van der Waals surface area contributed by atoms with E-state index in [9.17, 15) is 0 Å². The molecule has 1 saturated heterocycles. The van der Waals surface area contributed by atoms with Crippen molar-refractivity contribution in [2.75, 3.05) is 39.8 Å². The zero-order valence-corrected chi connectivity index (χ0v) is 16.9. The minimum Gasteiger partial charge on any atom is -0.468 e. The van der Waals surface area contributed by atoms with Crippen molar-refractivity contribution in [3.8, 4) is 0 Å². The molecule has 1 fully saturated rings. The minimum atomic E-state index is -0.0236. The van der Waals surface area contributed by atoms with Gasteiger partial charge in [-0.2, -0.15) is 0 Å². The average molecular weight is 385 g/mol. The Kier molecular flexibility index (Phi) is 7.94. The molecule has 0 aliphatic carbocycles. The molecule has 6 heteroatoms. The van der Waals surface area contributed by atoms with Gasteiger partial charge in [0.2, 0.25) is 0 Å². The highest BCUT2D eigenvalue weighted by Crippen LogP contribution is 2.25. The average Bonchev–Trinajstić information content (AvgIpc) is 3.44. The zero-order chi connectivity index (χ0) is 19.6. The summed E-state index contributed by atoms with van der Waals surface area (Å²) in [5.74, 6) is 1.79. The van der Waals surface area contributed by atoms with Gasteiger partial charge in [0, 0.05) is 20.2 Å². The van der Waals surface area contributed by atoms with E-state index in [-0.39, 0.29) is 12.1 Å². The molecule has 2 unspecified atom stereocenters. The first-order chi connectivity index (χ1) is 13.8. The number of ether oxygens (including phenoxy) is 1. The van der Waals surface area contributed by atoms with Crippen molar-refractivity contribution in [3.05, 3.63) is 60.1 Å². The number of furan rings is 1. The van der Waals surface area contributed by atoms with Gasteiger partial charge in [-0.25, -0.2) is 0 Å². The molecule has 1 aromatic carbocycles. The Bertz CT molecular complexity index is 697. The molecular formula is C22H32N4O2. The first kappa shape index (κ1) is 20.4. The molecule has 0 amide bonds. The topological polar surface area (TPSA) is 62.0 Å². The SMILES string of the molecule is CCNC(=NCC(c1ccco1)N1CCCC1)NCC(OC)c1ccccc1. The smallest absolute Gasteiger partial charge is 0.191 e. The molecule has 2 N–H and O–H groups in total. The van der Waals surface area contributed by atoms with Crippen LogP contribution in [0.1, 0.15) is 43.2 Å². The van der Waals surface area contributed by atoms with Crippen LogP contribution in [0.5, 0.6) is 0 Å². The summed E-state index contributed by atoms with van der Waals surface area (Å²) in [6, 6.07) is 14.4. The number of hydrogen-bond donors (Lipinski definition) is 2. The Hall–Kier alpha value is -2.31. The van der Waals surface area contributed by atoms with Gasteiger partial charge in [0.25, 0.3) is 0 Å². The maximum atomic E-state index is 5.70. The lowest BCUT2D eigenvalue weighted by molar-refractivity contribution is 0.106. The number of aliphatic imine (C=N–C) groups is 1. The molecule has 2 heterocycles. The lowest BCUT2D eigenvalue weighted by Crippen LogP contribution is -2.40. The van der Waals surface area contributed by atoms with Gasteiger partial charge in [-0.3, -0.25) is 9.89 Å². The Labute approximate surface area is 168 Å². The summed E-state index contributed by atoms with van der Waals surface area (Å²) in [7, 11) is 1.74. The van der Waals surface area contributed by atoms with E-state index in [1.807, 2.05) is 24.3 Å². The highest BCUT2D eigenvalue weighted by atomic mass is 16.5. The molecule has 3 rings (SSSR count). The van der Waals surface area contributed by atoms with E-state index in [2.05, 4.69) is 40.7 Å². The van der Waals surface area contributed by atoms with E-state index < -0.39 is 0 Å². The highest BCUT2D eigenvalue weighted by Gasteiger charge is 2.25. The van der Waals surface area contributed by atoms with Gasteiger partial charge < -0.3 is 19.8 Å². The lowest BCUT2D eigenvalue weighted by Gasteiger charge is -2.25. The largest absolute Gasteiger partial charge is 0.468 e. The van der Waals surface area contributed by atoms with Crippen LogP contribution in [0.4, 0.5) is 0 Å². The summed E-state index contributed by atoms with van der Waals surface area (Å²) < 4.78 is 11.4. The molecule has 28 heavy (non-hydrogen) atoms. The van der Waals surface area contributed by atoms with Crippen LogP contribution in [0.2, 0.25) is 0 Å². The van der Waals surface area contributed by atoms with Crippen LogP contribution in [-0.2, 0) is 4.74 Å². The van der Waals surface area contributed by atoms with Crippen molar-refractivity contribution >= 4 is 5.96 Å². The molecule has 1 aliphatic rings. The third-order valence-corrected chi connectivity index (χ3v) is 5.13. The van der Waals surface area contributed by atoms with Crippen LogP contribution in [0.15, 0.2) is 58.1 Å². The third kappa shape index (κ3) is 5.59. The van der Waals surface area contributed by atoms with Crippen LogP contribution >= 0.6 is 0 Å². The zero-order valence-electron chi connectivity index (χ0n) is 16.9. The number of nitrogens with one attached hydrogen (secondary N) is 2. The number of nitrogens with zero attached hydrogens (tertiary/aromatic N) is 2. The van der Waals surface area contributed by atoms with Crippen molar-refractivity contribution in [2.24, 2.45) is 4.99 Å². The van der Waals surface area contributed by atoms with Crippen molar-refractivity contribution < 1.29 is 9.15 Å². The second kappa shape index (κ2) is 10.9. The summed E-state index contributed by atoms with van der Waals surface area (Å²) in [6.07, 6.45) is 4.20. The molecule has 1 aliphatic heterocycles. The fourth-order valence-corrected chi connectivity index (χ4v) is 3.63. The quantitative estimate of drug-likeness (QED) is 0.513. The fraction of sp³-hybridized carbons (Fsp3) is 0.500. The van der Waals surface area contributed by atoms with E-state index in [1.54, 1.807) is 13.4 Å². The number of rotatable bonds is 9. The summed E-state index contributed by atoms with van der Waals surface area (Å²) in [5.41, 5.74) is 1.15. The van der Waals surface area contributed by atoms with E-state index >= 15 is 0 Å². The van der Waals surface area contributed by atoms with Crippen LogP contribution in [0, 0.1) is 0 Å². The lowest BCUT2D eigenvalue weighted by atomic mass is 10.1. The first-order valence-electron chi connectivity index (χ1n) is 10.2. The Morgan fingerprint density at radius 1 is 1.14 bits per heavy atom. The molecular weight excluding hydrogens is 352 g/mol. The standard InChI is InChI=1S/C22H32N4O2/c1-3-23-22(25-17-21(27-2)18-10-5-4-6-11-18)24-16-19(20-12-9-15-28-20)26-13-7-8-14-26/h4-6,9-12,15,19,21H,3,7-8,13-14,16-17H2,1-2H3,(H2,23,24,25). The van der Waals surface area contributed by atoms with Gasteiger partial charge in [-0.05, 0) is 50.6 Å². The maximum Gasteiger partial charge on any atom is 0.191 e. The summed E-state index contributed by atoms with van der Waals surface area (Å²) >= 11 is 0. The van der Waals surface area contributed by atoms with Gasteiger partial charge >= 0.3 is 0 Å². The third-order valence-electron chi connectivity index (χ3n) is 5.13. The van der Waals surface area contributed by atoms with Crippen LogP contribution in [0.3, 0.4) is 0 Å². The molecule has 2 aromatic rings. The number of hydrogen-bond acceptors (Lipinski definition) is 4. The summed E-state index contributed by atoms with van der Waals surface area (Å²) in [4.78, 5) is 7.32. The number of likely N-dealkylation sites (tertiary alicyclic amines) is 1. The first-order valence-corrected chi connectivity index (χ1v) is 10.2. The van der Waals surface area contributed by atoms with Gasteiger partial charge in [0.15, 0.2) is 5.96 Å². The molecule has 152 valence electrons. The molecule has 0 saturated carbocycles. The summed E-state index contributed by atoms with van der Waals surface area (Å²) in [6.45, 7) is 6.40. The van der Waals surface area contributed by atoms with Gasteiger partial charge in [0.05, 0.1) is 25.0 Å². The second-order valence-corrected chi connectivity index (χ2v) is 7.01. The van der Waals surface area contributed by atoms with E-state index in [4.69, 9.17) is 14.1 Å². The fourth-order valence-electron chi connectivity index (χ4n) is 3.63. The van der Waals surface area contributed by atoms with Crippen molar-refractivity contribution in [1.29, 1.82) is 0 Å². The second-order valence-electron chi connectivity index (χ2n) is 7.01. The molecule has 2 atom stereocenters. The molecule has 6 nitrogen and oxygen atoms in total. The van der Waals surface area contributed by atoms with Gasteiger partial charge in [-0.1, -0.05) is 30.3 Å². The van der Waals surface area contributed by atoms with Crippen LogP contribution in [-0.4, -0.2) is 50.7 Å². The maximum absolute atomic E-state index is 5.70. The Morgan fingerprint density at radius 3 is 2.57 bits per heavy atom. The van der Waals surface area contributed by atoms with Gasteiger partial charge in [0.1, 0.15) is 5.76 Å². The monoisotopic (exact) mass is 384 g/mol. The van der Waals surface area contributed by atoms with Gasteiger partial charge in [-0.15, -0.1) is 0 Å². The molecule has 0 spiro atoms. The Balaban J connectivity index is 1.65. The molecule has 0 radical (unpaired) electrons. The van der Waals surface area contributed by atoms with E-state index in [0.29, 0.717) is 13.1 Å². The summed E-state index contributed by atoms with van der Waals surface area (Å²) in [5, 5.41) is 6.77. The molecule has 1 aromatic heterocycles. The van der Waals surface area contributed by atoms with Crippen LogP contribution in [0.25, 0.3) is 0 Å². The van der Waals surface area contributed by atoms with Crippen molar-refractivity contribution in [2.45, 2.75) is 31.9 Å². The minimum absolute atomic E-state index is 0.0236.